The number of aromatic nitrogens is 1. The van der Waals surface area contributed by atoms with Crippen LogP contribution in [0.25, 0.3) is 10.2 Å². The van der Waals surface area contributed by atoms with Crippen LogP contribution < -0.4 is 9.47 Å². The number of fused-ring (bicyclic) bond motifs is 1. The molecular formula is C20H19NO6S. The number of ketones is 1. The predicted octanol–water partition coefficient (Wildman–Crippen LogP) is 3.35. The highest BCUT2D eigenvalue weighted by Crippen LogP contribution is 2.31. The average Bonchev–Trinajstić information content (AvgIpc) is 3.10. The fourth-order valence-corrected chi connectivity index (χ4v) is 3.26. The summed E-state index contributed by atoms with van der Waals surface area (Å²) in [5.74, 6) is -0.207. The van der Waals surface area contributed by atoms with E-state index < -0.39 is 24.0 Å². The van der Waals surface area contributed by atoms with Crippen LogP contribution in [-0.4, -0.2) is 41.2 Å². The van der Waals surface area contributed by atoms with Gasteiger partial charge in [0.15, 0.2) is 18.0 Å². The first-order chi connectivity index (χ1) is 13.5. The van der Waals surface area contributed by atoms with Crippen molar-refractivity contribution in [3.05, 3.63) is 48.5 Å². The van der Waals surface area contributed by atoms with Gasteiger partial charge in [-0.1, -0.05) is 23.5 Å². The van der Waals surface area contributed by atoms with Crippen molar-refractivity contribution < 1.29 is 28.9 Å². The Hall–Kier alpha value is -2.97. The minimum Gasteiger partial charge on any atom is -0.483 e. The van der Waals surface area contributed by atoms with Gasteiger partial charge in [0.05, 0.1) is 17.3 Å². The third-order valence-electron chi connectivity index (χ3n) is 3.94. The number of carbonyl (C=O) groups is 2. The van der Waals surface area contributed by atoms with E-state index in [-0.39, 0.29) is 6.42 Å². The van der Waals surface area contributed by atoms with E-state index in [1.807, 2.05) is 24.3 Å². The Morgan fingerprint density at radius 3 is 2.46 bits per heavy atom. The van der Waals surface area contributed by atoms with E-state index in [0.29, 0.717) is 16.7 Å². The molecule has 0 aliphatic rings. The van der Waals surface area contributed by atoms with Crippen LogP contribution in [0, 0.1) is 0 Å². The maximum atomic E-state index is 12.0. The number of Topliss-reactive ketones (excluding diaryl/α,β-unsaturated/α-hetero) is 1. The number of benzene rings is 2. The molecule has 0 aliphatic carbocycles. The molecule has 0 aliphatic heterocycles. The fourth-order valence-electron chi connectivity index (χ4n) is 2.43. The van der Waals surface area contributed by atoms with Crippen LogP contribution in [0.2, 0.25) is 0 Å². The smallest absolute Gasteiger partial charge is 0.335 e. The Labute approximate surface area is 165 Å². The number of hydrogen-bond acceptors (Lipinski definition) is 8. The molecule has 1 heterocycles. The molecule has 2 atom stereocenters. The maximum absolute atomic E-state index is 12.0. The predicted molar refractivity (Wildman–Crippen MR) is 104 cm³/mol. The van der Waals surface area contributed by atoms with Crippen LogP contribution in [0.3, 0.4) is 0 Å². The Morgan fingerprint density at radius 1 is 1.11 bits per heavy atom. The number of esters is 1. The molecule has 0 saturated carbocycles. The number of thiazole rings is 1. The van der Waals surface area contributed by atoms with Crippen LogP contribution in [0.15, 0.2) is 48.5 Å². The van der Waals surface area contributed by atoms with E-state index in [0.717, 1.165) is 17.3 Å². The van der Waals surface area contributed by atoms with Gasteiger partial charge in [-0.05, 0) is 43.3 Å². The van der Waals surface area contributed by atoms with Crippen LogP contribution in [0.5, 0.6) is 16.7 Å². The Bertz CT molecular complexity index is 935. The van der Waals surface area contributed by atoms with Crippen molar-refractivity contribution in [3.63, 3.8) is 0 Å². The number of ether oxygens (including phenoxy) is 3. The quantitative estimate of drug-likeness (QED) is 0.578. The lowest BCUT2D eigenvalue weighted by molar-refractivity contribution is -0.153. The summed E-state index contributed by atoms with van der Waals surface area (Å²) in [6.07, 6.45) is -2.68. The Morgan fingerprint density at radius 2 is 1.79 bits per heavy atom. The summed E-state index contributed by atoms with van der Waals surface area (Å²) in [4.78, 5) is 27.6. The van der Waals surface area contributed by atoms with Gasteiger partial charge in [0.1, 0.15) is 11.5 Å². The second-order valence-electron chi connectivity index (χ2n) is 5.99. The van der Waals surface area contributed by atoms with Crippen molar-refractivity contribution in [1.29, 1.82) is 0 Å². The average molecular weight is 401 g/mol. The van der Waals surface area contributed by atoms with Gasteiger partial charge in [-0.3, -0.25) is 4.79 Å². The first-order valence-electron chi connectivity index (χ1n) is 8.55. The van der Waals surface area contributed by atoms with Crippen molar-refractivity contribution in [2.24, 2.45) is 0 Å². The summed E-state index contributed by atoms with van der Waals surface area (Å²) in [6, 6.07) is 14.5. The third kappa shape index (κ3) is 4.85. The molecule has 1 N–H and O–H groups in total. The molecule has 3 aromatic rings. The molecule has 7 nitrogen and oxygen atoms in total. The molecule has 2 unspecified atom stereocenters. The van der Waals surface area contributed by atoms with Gasteiger partial charge in [-0.15, -0.1) is 0 Å². The first-order valence-corrected chi connectivity index (χ1v) is 9.36. The third-order valence-corrected chi connectivity index (χ3v) is 4.85. The van der Waals surface area contributed by atoms with E-state index >= 15 is 0 Å². The second-order valence-corrected chi connectivity index (χ2v) is 6.98. The number of nitrogens with zero attached hydrogens (tertiary/aromatic N) is 1. The lowest BCUT2D eigenvalue weighted by Crippen LogP contribution is -2.31. The Kier molecular flexibility index (Phi) is 6.23. The SMILES string of the molecule is COC(=O)C(O)CC(=O)C(C)Oc1ccc(Oc2nc3ccccc3s2)cc1. The van der Waals surface area contributed by atoms with E-state index in [9.17, 15) is 14.7 Å². The van der Waals surface area contributed by atoms with Crippen LogP contribution in [0.4, 0.5) is 0 Å². The summed E-state index contributed by atoms with van der Waals surface area (Å²) in [7, 11) is 1.15. The monoisotopic (exact) mass is 401 g/mol. The second kappa shape index (κ2) is 8.81. The van der Waals surface area contributed by atoms with E-state index in [2.05, 4.69) is 9.72 Å². The molecule has 0 fully saturated rings. The molecule has 0 radical (unpaired) electrons. The van der Waals surface area contributed by atoms with E-state index in [4.69, 9.17) is 9.47 Å². The van der Waals surface area contributed by atoms with Gasteiger partial charge in [0.25, 0.3) is 5.19 Å². The number of carbonyl (C=O) groups excluding carboxylic acids is 2. The highest BCUT2D eigenvalue weighted by Gasteiger charge is 2.24. The number of para-hydroxylation sites is 1. The van der Waals surface area contributed by atoms with E-state index in [1.165, 1.54) is 11.3 Å². The van der Waals surface area contributed by atoms with Gasteiger partial charge in [0.2, 0.25) is 0 Å². The summed E-state index contributed by atoms with van der Waals surface area (Å²) in [5.41, 5.74) is 0.879. The zero-order valence-corrected chi connectivity index (χ0v) is 16.1. The van der Waals surface area contributed by atoms with E-state index in [1.54, 1.807) is 31.2 Å². The summed E-state index contributed by atoms with van der Waals surface area (Å²) >= 11 is 1.45. The fraction of sp³-hybridized carbons (Fsp3) is 0.250. The minimum atomic E-state index is -1.49. The number of aliphatic hydroxyl groups is 1. The molecule has 8 heteroatoms. The summed E-state index contributed by atoms with van der Waals surface area (Å²) < 4.78 is 16.8. The van der Waals surface area contributed by atoms with Crippen molar-refractivity contribution in [3.8, 4) is 16.7 Å². The largest absolute Gasteiger partial charge is 0.483 e. The first kappa shape index (κ1) is 19.8. The summed E-state index contributed by atoms with van der Waals surface area (Å²) in [6.45, 7) is 1.55. The number of aliphatic hydroxyl groups excluding tert-OH is 1. The number of methoxy groups -OCH3 is 1. The highest BCUT2D eigenvalue weighted by molar-refractivity contribution is 7.20. The molecule has 3 rings (SSSR count). The molecule has 1 aromatic heterocycles. The molecule has 0 amide bonds. The van der Waals surface area contributed by atoms with Crippen LogP contribution in [0.1, 0.15) is 13.3 Å². The van der Waals surface area contributed by atoms with Gasteiger partial charge in [-0.25, -0.2) is 9.78 Å². The van der Waals surface area contributed by atoms with Crippen LogP contribution >= 0.6 is 11.3 Å². The highest BCUT2D eigenvalue weighted by atomic mass is 32.1. The minimum absolute atomic E-state index is 0.368. The standard InChI is InChI=1S/C20H19NO6S/c1-12(16(22)11-17(23)19(24)25-2)26-13-7-9-14(10-8-13)27-20-21-15-5-3-4-6-18(15)28-20/h3-10,12,17,23H,11H2,1-2H3. The Balaban J connectivity index is 1.57. The van der Waals surface area contributed by atoms with Crippen molar-refractivity contribution in [2.75, 3.05) is 7.11 Å². The molecule has 0 bridgehead atoms. The van der Waals surface area contributed by atoms with Gasteiger partial charge >= 0.3 is 5.97 Å². The molecule has 2 aromatic carbocycles. The lowest BCUT2D eigenvalue weighted by atomic mass is 10.1. The van der Waals surface area contributed by atoms with Crippen LogP contribution in [-0.2, 0) is 14.3 Å². The zero-order valence-electron chi connectivity index (χ0n) is 15.3. The van der Waals surface area contributed by atoms with Crippen molar-refractivity contribution in [2.45, 2.75) is 25.6 Å². The molecule has 0 spiro atoms. The number of hydrogen-bond donors (Lipinski definition) is 1. The van der Waals surface area contributed by atoms with Crippen molar-refractivity contribution >= 4 is 33.3 Å². The van der Waals surface area contributed by atoms with Gasteiger partial charge < -0.3 is 19.3 Å². The summed E-state index contributed by atoms with van der Waals surface area (Å²) in [5, 5.41) is 10.1. The number of rotatable bonds is 8. The van der Waals surface area contributed by atoms with Crippen molar-refractivity contribution in [1.82, 2.24) is 4.98 Å². The molecule has 146 valence electrons. The zero-order chi connectivity index (χ0) is 20.1. The lowest BCUT2D eigenvalue weighted by Gasteiger charge is -2.15. The molecular weight excluding hydrogens is 382 g/mol. The molecule has 0 saturated heterocycles. The van der Waals surface area contributed by atoms with Gasteiger partial charge in [-0.2, -0.15) is 0 Å². The molecule has 28 heavy (non-hydrogen) atoms. The van der Waals surface area contributed by atoms with Gasteiger partial charge in [0, 0.05) is 6.42 Å². The maximum Gasteiger partial charge on any atom is 0.335 e. The topological polar surface area (TPSA) is 95.0 Å². The normalized spacial score (nSPS) is 13.0.